The summed E-state index contributed by atoms with van der Waals surface area (Å²) in [7, 11) is 0. The van der Waals surface area contributed by atoms with Gasteiger partial charge in [-0.2, -0.15) is 0 Å². The van der Waals surface area contributed by atoms with Crippen molar-refractivity contribution >= 4 is 18.0 Å². The summed E-state index contributed by atoms with van der Waals surface area (Å²) in [5.41, 5.74) is 4.25. The molecule has 0 aliphatic heterocycles. The minimum Gasteiger partial charge on any atom is -0.480 e. The molecule has 7 nitrogen and oxygen atoms in total. The second kappa shape index (κ2) is 8.12. The summed E-state index contributed by atoms with van der Waals surface area (Å²) < 4.78 is 13.2. The third kappa shape index (κ3) is 3.98. The molecule has 0 saturated carbocycles. The summed E-state index contributed by atoms with van der Waals surface area (Å²) in [6, 6.07) is 13.4. The van der Waals surface area contributed by atoms with Gasteiger partial charge in [-0.1, -0.05) is 48.5 Å². The first kappa shape index (κ1) is 18.0. The highest BCUT2D eigenvalue weighted by atomic mass is 16.5. The maximum Gasteiger partial charge on any atom is 0.407 e. The highest BCUT2D eigenvalue weighted by molar-refractivity contribution is 5.88. The van der Waals surface area contributed by atoms with Crippen LogP contribution in [0.2, 0.25) is 1.41 Å². The molecule has 0 unspecified atom stereocenters. The van der Waals surface area contributed by atoms with Gasteiger partial charge >= 0.3 is 12.1 Å². The van der Waals surface area contributed by atoms with Crippen molar-refractivity contribution in [3.63, 3.8) is 0 Å². The number of carboxylic acids is 1. The first-order chi connectivity index (χ1) is 13.8. The number of carbonyl (C=O) groups excluding carboxylic acids is 2. The summed E-state index contributed by atoms with van der Waals surface area (Å²) >= 11 is 0. The number of carboxylic acid groups (broad SMARTS) is 1. The molecule has 2 amide bonds. The number of amides is 2. The Morgan fingerprint density at radius 3 is 2.11 bits per heavy atom. The van der Waals surface area contributed by atoms with Crippen molar-refractivity contribution in [1.29, 1.82) is 0 Å². The molecule has 3 N–H and O–H groups in total. The number of fused-ring (bicyclic) bond motifs is 3. The Bertz CT molecular complexity index is 903. The number of rotatable bonds is 6. The number of aliphatic carboxylic acids is 1. The largest absolute Gasteiger partial charge is 0.480 e. The smallest absolute Gasteiger partial charge is 0.407 e. The molecular weight excluding hydrogens is 360 g/mol. The SMILES string of the molecule is [2H]N(C(=O)OCC1c2ccccc2-c2ccccc21)[C@@H](C)C(=O)N[C@@H](C)C(=O)O. The zero-order valence-corrected chi connectivity index (χ0v) is 15.6. The van der Waals surface area contributed by atoms with Gasteiger partial charge in [0, 0.05) is 5.92 Å². The molecule has 146 valence electrons. The number of benzene rings is 2. The van der Waals surface area contributed by atoms with Gasteiger partial charge in [0.1, 0.15) is 18.7 Å². The summed E-state index contributed by atoms with van der Waals surface area (Å²) in [6.07, 6.45) is -0.975. The zero-order chi connectivity index (χ0) is 21.1. The van der Waals surface area contributed by atoms with Gasteiger partial charge in [-0.3, -0.25) is 9.59 Å². The Labute approximate surface area is 164 Å². The van der Waals surface area contributed by atoms with Crippen LogP contribution in [0.1, 0.15) is 30.9 Å². The van der Waals surface area contributed by atoms with E-state index in [4.69, 9.17) is 11.3 Å². The van der Waals surface area contributed by atoms with E-state index in [0.717, 1.165) is 22.3 Å². The van der Waals surface area contributed by atoms with Gasteiger partial charge in [-0.25, -0.2) is 4.79 Å². The van der Waals surface area contributed by atoms with Crippen molar-refractivity contribution in [1.82, 2.24) is 10.6 Å². The van der Waals surface area contributed by atoms with Gasteiger partial charge < -0.3 is 20.5 Å². The van der Waals surface area contributed by atoms with E-state index in [1.165, 1.54) is 13.8 Å². The Morgan fingerprint density at radius 1 is 1.04 bits per heavy atom. The number of carbonyl (C=O) groups is 3. The Hall–Kier alpha value is -3.35. The molecule has 0 radical (unpaired) electrons. The molecule has 7 heteroatoms. The van der Waals surface area contributed by atoms with Crippen molar-refractivity contribution in [2.75, 3.05) is 6.61 Å². The first-order valence-electron chi connectivity index (χ1n) is 9.42. The lowest BCUT2D eigenvalue weighted by molar-refractivity contribution is -0.141. The van der Waals surface area contributed by atoms with Crippen LogP contribution < -0.4 is 10.6 Å². The van der Waals surface area contributed by atoms with Gasteiger partial charge in [-0.05, 0) is 36.1 Å². The van der Waals surface area contributed by atoms with E-state index in [-0.39, 0.29) is 12.5 Å². The molecular formula is C21H22N2O5. The number of ether oxygens (including phenoxy) is 1. The second-order valence-corrected chi connectivity index (χ2v) is 6.68. The minimum absolute atomic E-state index is 0.0299. The van der Waals surface area contributed by atoms with Crippen LogP contribution in [0.4, 0.5) is 4.79 Å². The van der Waals surface area contributed by atoms with Crippen LogP contribution in [0.15, 0.2) is 48.5 Å². The lowest BCUT2D eigenvalue weighted by Crippen LogP contribution is -2.49. The molecule has 0 bridgehead atoms. The standard InChI is InChI=1S/C21H22N2O5/c1-12(19(24)22-13(2)20(25)26)23-21(27)28-11-18-16-9-5-3-7-14(16)15-8-4-6-10-17(15)18/h3-10,12-13,18H,11H2,1-2H3,(H,22,24)(H,23,27)(H,25,26)/t12-,13-/m0/s1/i/hD. The van der Waals surface area contributed by atoms with E-state index in [9.17, 15) is 14.4 Å². The zero-order valence-electron chi connectivity index (χ0n) is 16.6. The molecule has 28 heavy (non-hydrogen) atoms. The van der Waals surface area contributed by atoms with Crippen molar-refractivity contribution in [3.05, 3.63) is 59.7 Å². The molecule has 3 rings (SSSR count). The third-order valence-corrected chi connectivity index (χ3v) is 4.74. The molecule has 1 aliphatic rings. The summed E-state index contributed by atoms with van der Waals surface area (Å²) in [5, 5.41) is 11.5. The number of hydrogen-bond donors (Lipinski definition) is 3. The summed E-state index contributed by atoms with van der Waals surface area (Å²) in [5.74, 6) is -2.11. The third-order valence-electron chi connectivity index (χ3n) is 4.74. The Balaban J connectivity index is 1.66. The molecule has 2 atom stereocenters. The number of hydrogen-bond acceptors (Lipinski definition) is 4. The highest BCUT2D eigenvalue weighted by Gasteiger charge is 2.29. The molecule has 0 aromatic heterocycles. The molecule has 1 aliphatic carbocycles. The predicted molar refractivity (Wildman–Crippen MR) is 103 cm³/mol. The van der Waals surface area contributed by atoms with Crippen LogP contribution in [0.25, 0.3) is 11.1 Å². The highest BCUT2D eigenvalue weighted by Crippen LogP contribution is 2.44. The molecule has 0 heterocycles. The fourth-order valence-electron chi connectivity index (χ4n) is 3.24. The van der Waals surface area contributed by atoms with Crippen LogP contribution in [0, 0.1) is 0 Å². The molecule has 2 aromatic rings. The predicted octanol–water partition coefficient (Wildman–Crippen LogP) is 2.50. The van der Waals surface area contributed by atoms with Crippen molar-refractivity contribution < 1.29 is 25.6 Å². The maximum absolute atomic E-state index is 12.3. The molecule has 2 aromatic carbocycles. The van der Waals surface area contributed by atoms with Crippen molar-refractivity contribution in [2.24, 2.45) is 0 Å². The van der Waals surface area contributed by atoms with Gasteiger partial charge in [0.05, 0.1) is 0 Å². The second-order valence-electron chi connectivity index (χ2n) is 6.68. The summed E-state index contributed by atoms with van der Waals surface area (Å²) in [4.78, 5) is 35.2. The number of alkyl carbamates (subject to hydrolysis) is 1. The van der Waals surface area contributed by atoms with Gasteiger partial charge in [0.15, 0.2) is 1.41 Å². The molecule has 0 saturated heterocycles. The Kier molecular flexibility index (Phi) is 5.23. The van der Waals surface area contributed by atoms with E-state index in [1.807, 2.05) is 48.5 Å². The van der Waals surface area contributed by atoms with E-state index in [1.54, 1.807) is 0 Å². The lowest BCUT2D eigenvalue weighted by atomic mass is 9.98. The maximum atomic E-state index is 12.3. The first-order valence-corrected chi connectivity index (χ1v) is 8.97. The van der Waals surface area contributed by atoms with Crippen LogP contribution in [-0.4, -0.2) is 41.8 Å². The van der Waals surface area contributed by atoms with E-state index >= 15 is 0 Å². The number of nitrogens with one attached hydrogen (secondary N) is 2. The van der Waals surface area contributed by atoms with Crippen molar-refractivity contribution in [3.8, 4) is 11.1 Å². The lowest BCUT2D eigenvalue weighted by Gasteiger charge is -2.18. The monoisotopic (exact) mass is 383 g/mol. The van der Waals surface area contributed by atoms with E-state index < -0.39 is 30.1 Å². The van der Waals surface area contributed by atoms with Crippen LogP contribution in [0.3, 0.4) is 0 Å². The summed E-state index contributed by atoms with van der Waals surface area (Å²) in [6.45, 7) is 2.66. The molecule has 0 spiro atoms. The van der Waals surface area contributed by atoms with Crippen LogP contribution >= 0.6 is 0 Å². The quantitative estimate of drug-likeness (QED) is 0.711. The van der Waals surface area contributed by atoms with E-state index in [2.05, 4.69) is 5.32 Å². The van der Waals surface area contributed by atoms with Gasteiger partial charge in [-0.15, -0.1) is 0 Å². The van der Waals surface area contributed by atoms with E-state index in [0.29, 0.717) is 5.31 Å². The molecule has 0 fully saturated rings. The fourth-order valence-corrected chi connectivity index (χ4v) is 3.24. The van der Waals surface area contributed by atoms with Crippen LogP contribution in [0.5, 0.6) is 0 Å². The van der Waals surface area contributed by atoms with Gasteiger partial charge in [0.25, 0.3) is 0 Å². The Morgan fingerprint density at radius 2 is 1.57 bits per heavy atom. The normalized spacial score (nSPS) is 14.9. The van der Waals surface area contributed by atoms with Gasteiger partial charge in [0.2, 0.25) is 5.91 Å². The van der Waals surface area contributed by atoms with Crippen molar-refractivity contribution in [2.45, 2.75) is 31.8 Å². The topological polar surface area (TPSA) is 105 Å². The van der Waals surface area contributed by atoms with Crippen LogP contribution in [-0.2, 0) is 14.3 Å². The average molecular weight is 383 g/mol. The average Bonchev–Trinajstić information content (AvgIpc) is 3.04. The fraction of sp³-hybridized carbons (Fsp3) is 0.286. The minimum atomic E-state index is -1.21.